The van der Waals surface area contributed by atoms with E-state index in [4.69, 9.17) is 5.11 Å². The van der Waals surface area contributed by atoms with Crippen LogP contribution in [0.2, 0.25) is 0 Å². The number of hydrogen-bond acceptors (Lipinski definition) is 2. The molecule has 1 atom stereocenters. The highest BCUT2D eigenvalue weighted by molar-refractivity contribution is 5.74. The summed E-state index contributed by atoms with van der Waals surface area (Å²) in [7, 11) is 0. The van der Waals surface area contributed by atoms with Gasteiger partial charge in [-0.3, -0.25) is 0 Å². The molecule has 1 rings (SSSR count). The van der Waals surface area contributed by atoms with Crippen molar-refractivity contribution in [1.29, 1.82) is 0 Å². The molecular weight excluding hydrogens is 211 g/mol. The van der Waals surface area contributed by atoms with E-state index >= 15 is 0 Å². The maximum absolute atomic E-state index is 13.5. The van der Waals surface area contributed by atoms with E-state index in [1.165, 1.54) is 12.1 Å². The predicted octanol–water partition coefficient (Wildman–Crippen LogP) is 2.38. The lowest BCUT2D eigenvalue weighted by Gasteiger charge is -2.14. The number of aliphatic carboxylic acids is 1. The molecular formula is C12H15FO3. The zero-order valence-corrected chi connectivity index (χ0v) is 9.49. The largest absolute Gasteiger partial charge is 0.479 e. The van der Waals surface area contributed by atoms with Gasteiger partial charge in [-0.25, -0.2) is 9.18 Å². The van der Waals surface area contributed by atoms with Crippen molar-refractivity contribution in [1.82, 2.24) is 0 Å². The third-order valence-corrected chi connectivity index (χ3v) is 2.54. The summed E-state index contributed by atoms with van der Waals surface area (Å²) in [5.41, 5.74) is 1.11. The van der Waals surface area contributed by atoms with Crippen LogP contribution >= 0.6 is 0 Å². The van der Waals surface area contributed by atoms with Crippen molar-refractivity contribution in [3.63, 3.8) is 0 Å². The summed E-state index contributed by atoms with van der Waals surface area (Å²) < 4.78 is 13.5. The molecule has 4 heteroatoms. The van der Waals surface area contributed by atoms with Crippen LogP contribution in [0.3, 0.4) is 0 Å². The van der Waals surface area contributed by atoms with Gasteiger partial charge in [0.15, 0.2) is 6.10 Å². The standard InChI is InChI=1S/C12H15FO3/c1-6(2)8-5-9(11(14)12(15)16)7(3)4-10(8)13/h4-6,11,14H,1-3H3,(H,15,16). The maximum atomic E-state index is 13.5. The number of aryl methyl sites for hydroxylation is 1. The number of carboxylic acid groups (broad SMARTS) is 1. The van der Waals surface area contributed by atoms with Gasteiger partial charge in [0.25, 0.3) is 0 Å². The topological polar surface area (TPSA) is 57.5 Å². The lowest BCUT2D eigenvalue weighted by molar-refractivity contribution is -0.147. The summed E-state index contributed by atoms with van der Waals surface area (Å²) in [6, 6.07) is 2.69. The average molecular weight is 226 g/mol. The Morgan fingerprint density at radius 1 is 1.31 bits per heavy atom. The summed E-state index contributed by atoms with van der Waals surface area (Å²) in [4.78, 5) is 10.7. The van der Waals surface area contributed by atoms with E-state index in [1.807, 2.05) is 13.8 Å². The molecule has 1 unspecified atom stereocenters. The van der Waals surface area contributed by atoms with E-state index in [0.717, 1.165) is 0 Å². The minimum Gasteiger partial charge on any atom is -0.479 e. The number of benzene rings is 1. The summed E-state index contributed by atoms with van der Waals surface area (Å²) in [5, 5.41) is 18.2. The van der Waals surface area contributed by atoms with Crippen LogP contribution in [-0.4, -0.2) is 16.2 Å². The number of carboxylic acids is 1. The molecule has 16 heavy (non-hydrogen) atoms. The molecule has 0 amide bonds. The number of halogens is 1. The van der Waals surface area contributed by atoms with Gasteiger partial charge in [-0.05, 0) is 41.7 Å². The van der Waals surface area contributed by atoms with Gasteiger partial charge in [-0.1, -0.05) is 13.8 Å². The van der Waals surface area contributed by atoms with Gasteiger partial charge in [0.05, 0.1) is 0 Å². The molecule has 0 aliphatic heterocycles. The molecule has 0 saturated carbocycles. The van der Waals surface area contributed by atoms with Crippen LogP contribution in [0.1, 0.15) is 42.6 Å². The SMILES string of the molecule is Cc1cc(F)c(C(C)C)cc1C(O)C(=O)O. The van der Waals surface area contributed by atoms with Crippen molar-refractivity contribution < 1.29 is 19.4 Å². The molecule has 0 bridgehead atoms. The summed E-state index contributed by atoms with van der Waals surface area (Å²) >= 11 is 0. The van der Waals surface area contributed by atoms with E-state index in [0.29, 0.717) is 11.1 Å². The Bertz CT molecular complexity index is 413. The van der Waals surface area contributed by atoms with Crippen molar-refractivity contribution >= 4 is 5.97 Å². The minimum atomic E-state index is -1.60. The molecule has 3 nitrogen and oxygen atoms in total. The van der Waals surface area contributed by atoms with Crippen molar-refractivity contribution in [3.05, 3.63) is 34.6 Å². The third kappa shape index (κ3) is 2.39. The van der Waals surface area contributed by atoms with E-state index in [-0.39, 0.29) is 17.3 Å². The van der Waals surface area contributed by atoms with Crippen LogP contribution < -0.4 is 0 Å². The first-order valence-electron chi connectivity index (χ1n) is 5.05. The summed E-state index contributed by atoms with van der Waals surface area (Å²) in [6.07, 6.45) is -1.60. The Labute approximate surface area is 93.5 Å². The van der Waals surface area contributed by atoms with Crippen molar-refractivity contribution in [2.24, 2.45) is 0 Å². The lowest BCUT2D eigenvalue weighted by Crippen LogP contribution is -2.13. The van der Waals surface area contributed by atoms with Gasteiger partial charge < -0.3 is 10.2 Å². The van der Waals surface area contributed by atoms with Gasteiger partial charge >= 0.3 is 5.97 Å². The van der Waals surface area contributed by atoms with Gasteiger partial charge in [0, 0.05) is 0 Å². The Morgan fingerprint density at radius 2 is 1.88 bits per heavy atom. The highest BCUT2D eigenvalue weighted by Crippen LogP contribution is 2.26. The highest BCUT2D eigenvalue weighted by Gasteiger charge is 2.20. The molecule has 0 spiro atoms. The maximum Gasteiger partial charge on any atom is 0.337 e. The number of hydrogen-bond donors (Lipinski definition) is 2. The second-order valence-corrected chi connectivity index (χ2v) is 4.13. The fraction of sp³-hybridized carbons (Fsp3) is 0.417. The molecule has 88 valence electrons. The van der Waals surface area contributed by atoms with Crippen LogP contribution in [0.15, 0.2) is 12.1 Å². The van der Waals surface area contributed by atoms with Crippen LogP contribution in [0.25, 0.3) is 0 Å². The molecule has 0 heterocycles. The molecule has 0 radical (unpaired) electrons. The molecule has 0 saturated heterocycles. The van der Waals surface area contributed by atoms with Gasteiger partial charge in [0.2, 0.25) is 0 Å². The highest BCUT2D eigenvalue weighted by atomic mass is 19.1. The Morgan fingerprint density at radius 3 is 2.31 bits per heavy atom. The van der Waals surface area contributed by atoms with Crippen LogP contribution in [-0.2, 0) is 4.79 Å². The lowest BCUT2D eigenvalue weighted by atomic mass is 9.94. The van der Waals surface area contributed by atoms with Gasteiger partial charge in [0.1, 0.15) is 5.82 Å². The smallest absolute Gasteiger partial charge is 0.337 e. The number of aliphatic hydroxyl groups excluding tert-OH is 1. The molecule has 0 aromatic heterocycles. The quantitative estimate of drug-likeness (QED) is 0.831. The Balaban J connectivity index is 3.30. The van der Waals surface area contributed by atoms with Crippen LogP contribution in [0, 0.1) is 12.7 Å². The average Bonchev–Trinajstić information content (AvgIpc) is 2.16. The van der Waals surface area contributed by atoms with Gasteiger partial charge in [-0.2, -0.15) is 0 Å². The molecule has 2 N–H and O–H groups in total. The molecule has 1 aromatic carbocycles. The second-order valence-electron chi connectivity index (χ2n) is 4.13. The first-order valence-corrected chi connectivity index (χ1v) is 5.05. The number of rotatable bonds is 3. The molecule has 0 fully saturated rings. The Hall–Kier alpha value is -1.42. The van der Waals surface area contributed by atoms with Crippen LogP contribution in [0.4, 0.5) is 4.39 Å². The predicted molar refractivity (Wildman–Crippen MR) is 57.8 cm³/mol. The van der Waals surface area contributed by atoms with Crippen molar-refractivity contribution in [3.8, 4) is 0 Å². The number of aliphatic hydroxyl groups is 1. The minimum absolute atomic E-state index is 0.0552. The van der Waals surface area contributed by atoms with Crippen molar-refractivity contribution in [2.45, 2.75) is 32.8 Å². The van der Waals surface area contributed by atoms with E-state index < -0.39 is 12.1 Å². The van der Waals surface area contributed by atoms with E-state index in [9.17, 15) is 14.3 Å². The summed E-state index contributed by atoms with van der Waals surface area (Å²) in [5.74, 6) is -1.75. The third-order valence-electron chi connectivity index (χ3n) is 2.54. The molecule has 0 aliphatic rings. The second kappa shape index (κ2) is 4.61. The molecule has 1 aromatic rings. The fourth-order valence-corrected chi connectivity index (χ4v) is 1.58. The first kappa shape index (κ1) is 12.6. The fourth-order valence-electron chi connectivity index (χ4n) is 1.58. The molecule has 0 aliphatic carbocycles. The number of carbonyl (C=O) groups is 1. The van der Waals surface area contributed by atoms with E-state index in [2.05, 4.69) is 0 Å². The van der Waals surface area contributed by atoms with Crippen molar-refractivity contribution in [2.75, 3.05) is 0 Å². The zero-order chi connectivity index (χ0) is 12.5. The Kier molecular flexibility index (Phi) is 3.65. The van der Waals surface area contributed by atoms with E-state index in [1.54, 1.807) is 6.92 Å². The monoisotopic (exact) mass is 226 g/mol. The zero-order valence-electron chi connectivity index (χ0n) is 9.49. The van der Waals surface area contributed by atoms with Crippen LogP contribution in [0.5, 0.6) is 0 Å². The normalized spacial score (nSPS) is 12.9. The first-order chi connectivity index (χ1) is 7.34. The van der Waals surface area contributed by atoms with Gasteiger partial charge in [-0.15, -0.1) is 0 Å². The summed E-state index contributed by atoms with van der Waals surface area (Å²) in [6.45, 7) is 5.20.